The van der Waals surface area contributed by atoms with Crippen LogP contribution in [0.5, 0.6) is 0 Å². The molecule has 15 heavy (non-hydrogen) atoms. The number of thiophene rings is 1. The van der Waals surface area contributed by atoms with Crippen molar-refractivity contribution in [3.05, 3.63) is 20.3 Å². The van der Waals surface area contributed by atoms with Crippen molar-refractivity contribution < 1.29 is 9.53 Å². The van der Waals surface area contributed by atoms with Crippen molar-refractivity contribution in [2.75, 3.05) is 13.2 Å². The van der Waals surface area contributed by atoms with Gasteiger partial charge in [0.05, 0.1) is 13.2 Å². The molecule has 0 unspecified atom stereocenters. The molecule has 0 spiro atoms. The lowest BCUT2D eigenvalue weighted by Crippen LogP contribution is -2.23. The predicted octanol–water partition coefficient (Wildman–Crippen LogP) is 2.47. The van der Waals surface area contributed by atoms with Crippen LogP contribution in [-0.2, 0) is 16.1 Å². The number of esters is 1. The third kappa shape index (κ3) is 4.32. The van der Waals surface area contributed by atoms with E-state index in [9.17, 15) is 4.79 Å². The Kier molecular flexibility index (Phi) is 5.28. The van der Waals surface area contributed by atoms with Crippen LogP contribution in [0.15, 0.2) is 10.5 Å². The molecule has 5 heteroatoms. The van der Waals surface area contributed by atoms with Gasteiger partial charge < -0.3 is 10.1 Å². The van der Waals surface area contributed by atoms with E-state index in [1.165, 1.54) is 9.75 Å². The molecule has 1 aromatic rings. The van der Waals surface area contributed by atoms with Crippen molar-refractivity contribution in [2.45, 2.75) is 20.4 Å². The molecule has 84 valence electrons. The summed E-state index contributed by atoms with van der Waals surface area (Å²) in [6.45, 7) is 5.27. The molecule has 0 saturated carbocycles. The minimum absolute atomic E-state index is 0.204. The van der Waals surface area contributed by atoms with Crippen molar-refractivity contribution in [1.82, 2.24) is 5.32 Å². The summed E-state index contributed by atoms with van der Waals surface area (Å²) in [6, 6.07) is 2.07. The summed E-state index contributed by atoms with van der Waals surface area (Å²) in [6.07, 6.45) is 0. The van der Waals surface area contributed by atoms with Gasteiger partial charge in [0.25, 0.3) is 0 Å². The molecule has 0 amide bonds. The Morgan fingerprint density at radius 1 is 1.67 bits per heavy atom. The Hall–Kier alpha value is -0.390. The lowest BCUT2D eigenvalue weighted by atomic mass is 10.4. The molecule has 0 aliphatic rings. The summed E-state index contributed by atoms with van der Waals surface area (Å²) >= 11 is 5.17. The lowest BCUT2D eigenvalue weighted by Gasteiger charge is -2.02. The van der Waals surface area contributed by atoms with E-state index in [1.54, 1.807) is 18.3 Å². The van der Waals surface area contributed by atoms with Gasteiger partial charge in [0, 0.05) is 20.8 Å². The summed E-state index contributed by atoms with van der Waals surface area (Å²) < 4.78 is 5.93. The Bertz CT molecular complexity index is 319. The highest BCUT2D eigenvalue weighted by molar-refractivity contribution is 9.10. The van der Waals surface area contributed by atoms with Gasteiger partial charge in [-0.05, 0) is 35.8 Å². The fourth-order valence-electron chi connectivity index (χ4n) is 1.10. The molecule has 0 bridgehead atoms. The predicted molar refractivity (Wildman–Crippen MR) is 65.1 cm³/mol. The van der Waals surface area contributed by atoms with E-state index in [0.717, 1.165) is 4.47 Å². The number of aryl methyl sites for hydroxylation is 1. The molecule has 1 N–H and O–H groups in total. The van der Waals surface area contributed by atoms with Gasteiger partial charge in [-0.15, -0.1) is 11.3 Å². The molecule has 0 fully saturated rings. The van der Waals surface area contributed by atoms with Crippen molar-refractivity contribution in [2.24, 2.45) is 0 Å². The number of carbonyl (C=O) groups excluding carboxylic acids is 1. The SMILES string of the molecule is CCOC(=O)CNCc1cc(Br)c(C)s1. The van der Waals surface area contributed by atoms with Gasteiger partial charge in [-0.3, -0.25) is 4.79 Å². The largest absolute Gasteiger partial charge is 0.465 e. The Labute approximate surface area is 102 Å². The van der Waals surface area contributed by atoms with Crippen molar-refractivity contribution in [3.63, 3.8) is 0 Å². The van der Waals surface area contributed by atoms with E-state index in [1.807, 2.05) is 0 Å². The standard InChI is InChI=1S/C10H14BrNO2S/c1-3-14-10(13)6-12-5-8-4-9(11)7(2)15-8/h4,12H,3,5-6H2,1-2H3. The minimum Gasteiger partial charge on any atom is -0.465 e. The van der Waals surface area contributed by atoms with Crippen LogP contribution in [-0.4, -0.2) is 19.1 Å². The minimum atomic E-state index is -0.204. The fraction of sp³-hybridized carbons (Fsp3) is 0.500. The lowest BCUT2D eigenvalue weighted by molar-refractivity contribution is -0.142. The molecule has 0 saturated heterocycles. The van der Waals surface area contributed by atoms with Crippen LogP contribution < -0.4 is 5.32 Å². The molecule has 1 heterocycles. The van der Waals surface area contributed by atoms with E-state index in [2.05, 4.69) is 34.2 Å². The van der Waals surface area contributed by atoms with Crippen molar-refractivity contribution >= 4 is 33.2 Å². The number of hydrogen-bond acceptors (Lipinski definition) is 4. The first kappa shape index (κ1) is 12.7. The highest BCUT2D eigenvalue weighted by atomic mass is 79.9. The summed E-state index contributed by atoms with van der Waals surface area (Å²) in [7, 11) is 0. The summed E-state index contributed by atoms with van der Waals surface area (Å²) in [5.41, 5.74) is 0. The fourth-order valence-corrected chi connectivity index (χ4v) is 2.68. The normalized spacial score (nSPS) is 10.3. The van der Waals surface area contributed by atoms with E-state index in [-0.39, 0.29) is 12.5 Å². The first-order chi connectivity index (χ1) is 7.13. The van der Waals surface area contributed by atoms with Gasteiger partial charge in [-0.1, -0.05) is 0 Å². The monoisotopic (exact) mass is 291 g/mol. The second-order valence-electron chi connectivity index (χ2n) is 3.03. The van der Waals surface area contributed by atoms with Crippen LogP contribution in [0.2, 0.25) is 0 Å². The molecule has 1 aromatic heterocycles. The average molecular weight is 292 g/mol. The van der Waals surface area contributed by atoms with Crippen LogP contribution >= 0.6 is 27.3 Å². The highest BCUT2D eigenvalue weighted by Gasteiger charge is 2.04. The molecule has 0 aliphatic heterocycles. The number of carbonyl (C=O) groups is 1. The van der Waals surface area contributed by atoms with Crippen molar-refractivity contribution in [3.8, 4) is 0 Å². The first-order valence-corrected chi connectivity index (χ1v) is 6.35. The average Bonchev–Trinajstić information content (AvgIpc) is 2.46. The molecule has 0 atom stereocenters. The van der Waals surface area contributed by atoms with Crippen LogP contribution in [0.25, 0.3) is 0 Å². The number of hydrogen-bond donors (Lipinski definition) is 1. The third-order valence-corrected chi connectivity index (χ3v) is 3.92. The van der Waals surface area contributed by atoms with Crippen LogP contribution in [0, 0.1) is 6.92 Å². The topological polar surface area (TPSA) is 38.3 Å². The van der Waals surface area contributed by atoms with Gasteiger partial charge in [-0.25, -0.2) is 0 Å². The number of ether oxygens (including phenoxy) is 1. The molecular weight excluding hydrogens is 278 g/mol. The van der Waals surface area contributed by atoms with Crippen molar-refractivity contribution in [1.29, 1.82) is 0 Å². The highest BCUT2D eigenvalue weighted by Crippen LogP contribution is 2.25. The van der Waals surface area contributed by atoms with Gasteiger partial charge in [0.15, 0.2) is 0 Å². The number of nitrogens with one attached hydrogen (secondary N) is 1. The molecule has 0 aromatic carbocycles. The third-order valence-electron chi connectivity index (χ3n) is 1.78. The van der Waals surface area contributed by atoms with E-state index < -0.39 is 0 Å². The van der Waals surface area contributed by atoms with E-state index in [4.69, 9.17) is 4.74 Å². The Morgan fingerprint density at radius 2 is 2.40 bits per heavy atom. The van der Waals surface area contributed by atoms with Crippen LogP contribution in [0.1, 0.15) is 16.7 Å². The van der Waals surface area contributed by atoms with E-state index >= 15 is 0 Å². The quantitative estimate of drug-likeness (QED) is 0.847. The van der Waals surface area contributed by atoms with Gasteiger partial charge in [0.2, 0.25) is 0 Å². The smallest absolute Gasteiger partial charge is 0.319 e. The Morgan fingerprint density at radius 3 is 2.93 bits per heavy atom. The van der Waals surface area contributed by atoms with Gasteiger partial charge >= 0.3 is 5.97 Å². The molecule has 0 radical (unpaired) electrons. The second-order valence-corrected chi connectivity index (χ2v) is 5.22. The maximum Gasteiger partial charge on any atom is 0.319 e. The zero-order valence-corrected chi connectivity index (χ0v) is 11.2. The molecule has 1 rings (SSSR count). The summed E-state index contributed by atoms with van der Waals surface area (Å²) in [4.78, 5) is 13.5. The Balaban J connectivity index is 2.28. The van der Waals surface area contributed by atoms with Gasteiger partial charge in [0.1, 0.15) is 0 Å². The first-order valence-electron chi connectivity index (χ1n) is 4.74. The maximum absolute atomic E-state index is 11.0. The van der Waals surface area contributed by atoms with E-state index in [0.29, 0.717) is 13.2 Å². The van der Waals surface area contributed by atoms with Crippen LogP contribution in [0.4, 0.5) is 0 Å². The maximum atomic E-state index is 11.0. The summed E-state index contributed by atoms with van der Waals surface area (Å²) in [5, 5.41) is 3.04. The van der Waals surface area contributed by atoms with Gasteiger partial charge in [-0.2, -0.15) is 0 Å². The number of halogens is 1. The second kappa shape index (κ2) is 6.25. The zero-order chi connectivity index (χ0) is 11.3. The summed E-state index contributed by atoms with van der Waals surface area (Å²) in [5.74, 6) is -0.204. The zero-order valence-electron chi connectivity index (χ0n) is 8.80. The molecule has 3 nitrogen and oxygen atoms in total. The number of rotatable bonds is 5. The molecular formula is C10H14BrNO2S. The molecule has 0 aliphatic carbocycles. The van der Waals surface area contributed by atoms with Crippen LogP contribution in [0.3, 0.4) is 0 Å².